The number of carbonyl (C=O) groups excluding carboxylic acids is 2. The van der Waals surface area contributed by atoms with E-state index in [4.69, 9.17) is 0 Å². The number of amides is 2. The number of benzene rings is 1. The normalized spacial score (nSPS) is 14.4. The number of carboxylic acid groups (broad SMARTS) is 1. The summed E-state index contributed by atoms with van der Waals surface area (Å²) in [4.78, 5) is 44.6. The van der Waals surface area contributed by atoms with Gasteiger partial charge in [0.05, 0.1) is 6.54 Å². The first-order valence-corrected chi connectivity index (χ1v) is 10.6. The second-order valence-electron chi connectivity index (χ2n) is 7.55. The summed E-state index contributed by atoms with van der Waals surface area (Å²) < 4.78 is 0. The zero-order chi connectivity index (χ0) is 22.8. The fraction of sp³-hybridized carbons (Fsp3) is 0.348. The van der Waals surface area contributed by atoms with E-state index in [2.05, 4.69) is 25.9 Å². The minimum atomic E-state index is -1.16. The van der Waals surface area contributed by atoms with E-state index in [0.717, 1.165) is 43.8 Å². The molecular weight excluding hydrogens is 410 g/mol. The van der Waals surface area contributed by atoms with Crippen LogP contribution in [0.4, 0.5) is 5.69 Å². The molecule has 0 saturated heterocycles. The van der Waals surface area contributed by atoms with Gasteiger partial charge >= 0.3 is 5.97 Å². The van der Waals surface area contributed by atoms with E-state index in [1.165, 1.54) is 0 Å². The van der Waals surface area contributed by atoms with Gasteiger partial charge in [-0.25, -0.2) is 4.79 Å². The first-order valence-electron chi connectivity index (χ1n) is 10.6. The molecule has 2 amide bonds. The molecule has 1 aromatic carbocycles. The van der Waals surface area contributed by atoms with Crippen LogP contribution in [0.25, 0.3) is 0 Å². The van der Waals surface area contributed by atoms with E-state index >= 15 is 0 Å². The number of aliphatic carboxylic acids is 1. The van der Waals surface area contributed by atoms with Gasteiger partial charge < -0.3 is 21.1 Å². The zero-order valence-corrected chi connectivity index (χ0v) is 17.7. The Hall–Kier alpha value is -3.75. The molecule has 0 bridgehead atoms. The molecule has 32 heavy (non-hydrogen) atoms. The molecule has 0 radical (unpaired) electrons. The maximum atomic E-state index is 12.5. The third kappa shape index (κ3) is 7.19. The Morgan fingerprint density at radius 3 is 2.75 bits per heavy atom. The smallest absolute Gasteiger partial charge is 0.326 e. The number of aliphatic imine (C=N–C) groups is 1. The van der Waals surface area contributed by atoms with Crippen LogP contribution in [-0.4, -0.2) is 52.8 Å². The van der Waals surface area contributed by atoms with E-state index in [9.17, 15) is 19.5 Å². The fourth-order valence-electron chi connectivity index (χ4n) is 3.34. The number of amidine groups is 1. The van der Waals surface area contributed by atoms with Gasteiger partial charge in [0.15, 0.2) is 0 Å². The van der Waals surface area contributed by atoms with Crippen LogP contribution in [0.1, 0.15) is 41.6 Å². The number of nitrogens with zero attached hydrogens (tertiary/aromatic N) is 2. The van der Waals surface area contributed by atoms with Crippen LogP contribution >= 0.6 is 0 Å². The topological polar surface area (TPSA) is 133 Å². The van der Waals surface area contributed by atoms with Crippen molar-refractivity contribution in [2.24, 2.45) is 4.99 Å². The van der Waals surface area contributed by atoms with Gasteiger partial charge in [0.1, 0.15) is 11.9 Å². The minimum Gasteiger partial charge on any atom is -0.480 e. The van der Waals surface area contributed by atoms with Gasteiger partial charge in [-0.3, -0.25) is 19.6 Å². The second kappa shape index (κ2) is 11.6. The van der Waals surface area contributed by atoms with E-state index in [0.29, 0.717) is 11.1 Å². The van der Waals surface area contributed by atoms with Crippen LogP contribution in [-0.2, 0) is 16.0 Å². The lowest BCUT2D eigenvalue weighted by Crippen LogP contribution is -2.46. The predicted octanol–water partition coefficient (Wildman–Crippen LogP) is 2.01. The Labute approximate surface area is 186 Å². The van der Waals surface area contributed by atoms with Gasteiger partial charge in [0, 0.05) is 43.0 Å². The van der Waals surface area contributed by atoms with Crippen LogP contribution in [0.3, 0.4) is 0 Å². The van der Waals surface area contributed by atoms with Crippen molar-refractivity contribution in [1.29, 1.82) is 0 Å². The van der Waals surface area contributed by atoms with Crippen molar-refractivity contribution in [3.8, 4) is 0 Å². The lowest BCUT2D eigenvalue weighted by molar-refractivity contribution is -0.141. The molecule has 1 aliphatic heterocycles. The Balaban J connectivity index is 1.52. The van der Waals surface area contributed by atoms with Gasteiger partial charge in [-0.2, -0.15) is 0 Å². The minimum absolute atomic E-state index is 0.0977. The molecule has 0 saturated carbocycles. The maximum Gasteiger partial charge on any atom is 0.326 e. The van der Waals surface area contributed by atoms with Crippen LogP contribution in [0, 0.1) is 0 Å². The average molecular weight is 438 g/mol. The molecule has 168 valence electrons. The number of nitrogens with one attached hydrogen (secondary N) is 3. The highest BCUT2D eigenvalue weighted by Gasteiger charge is 2.21. The monoisotopic (exact) mass is 437 g/mol. The summed E-state index contributed by atoms with van der Waals surface area (Å²) in [6.45, 7) is 0.468. The number of pyridine rings is 1. The highest BCUT2D eigenvalue weighted by molar-refractivity contribution is 6.00. The van der Waals surface area contributed by atoms with Crippen molar-refractivity contribution < 1.29 is 19.5 Å². The molecule has 1 aliphatic rings. The standard InChI is InChI=1S/C23H27N5O4/c29-21(28-19(23(31)32)12-16-6-5-10-24-14-16)15-26-22(30)17-7-4-8-18(13-17)27-20-9-2-1-3-11-25-20/h4-8,10,13-14,19H,1-3,9,11-12,15H2,(H,25,27)(H,26,30)(H,28,29)(H,31,32). The predicted molar refractivity (Wildman–Crippen MR) is 121 cm³/mol. The molecule has 9 nitrogen and oxygen atoms in total. The Kier molecular flexibility index (Phi) is 8.30. The molecule has 9 heteroatoms. The Bertz CT molecular complexity index is 977. The first-order chi connectivity index (χ1) is 15.5. The van der Waals surface area contributed by atoms with Crippen LogP contribution in [0.15, 0.2) is 53.8 Å². The van der Waals surface area contributed by atoms with Crippen LogP contribution in [0.5, 0.6) is 0 Å². The lowest BCUT2D eigenvalue weighted by Gasteiger charge is -2.15. The van der Waals surface area contributed by atoms with Crippen LogP contribution in [0.2, 0.25) is 0 Å². The molecule has 0 spiro atoms. The highest BCUT2D eigenvalue weighted by Crippen LogP contribution is 2.14. The molecule has 2 heterocycles. The highest BCUT2D eigenvalue weighted by atomic mass is 16.4. The molecule has 3 rings (SSSR count). The molecule has 0 fully saturated rings. The van der Waals surface area contributed by atoms with E-state index in [1.54, 1.807) is 42.7 Å². The first kappa shape index (κ1) is 22.9. The molecule has 1 unspecified atom stereocenters. The molecule has 4 N–H and O–H groups in total. The van der Waals surface area contributed by atoms with E-state index < -0.39 is 23.8 Å². The fourth-order valence-corrected chi connectivity index (χ4v) is 3.34. The number of hydrogen-bond acceptors (Lipinski definition) is 6. The van der Waals surface area contributed by atoms with Crippen molar-refractivity contribution in [3.05, 3.63) is 59.9 Å². The summed E-state index contributed by atoms with van der Waals surface area (Å²) in [5.41, 5.74) is 1.83. The zero-order valence-electron chi connectivity index (χ0n) is 17.7. The van der Waals surface area contributed by atoms with E-state index in [-0.39, 0.29) is 13.0 Å². The average Bonchev–Trinajstić information content (AvgIpc) is 3.06. The molecule has 0 aliphatic carbocycles. The summed E-state index contributed by atoms with van der Waals surface area (Å²) in [5.74, 6) is -1.26. The number of aromatic nitrogens is 1. The third-order valence-corrected chi connectivity index (χ3v) is 4.99. The van der Waals surface area contributed by atoms with Gasteiger partial charge in [0.2, 0.25) is 5.91 Å². The molecule has 1 atom stereocenters. The molecule has 1 aromatic heterocycles. The van der Waals surface area contributed by atoms with Crippen molar-refractivity contribution in [2.75, 3.05) is 18.4 Å². The summed E-state index contributed by atoms with van der Waals surface area (Å²) in [6.07, 6.45) is 7.43. The van der Waals surface area contributed by atoms with Crippen molar-refractivity contribution >= 4 is 29.3 Å². The van der Waals surface area contributed by atoms with Crippen molar-refractivity contribution in [1.82, 2.24) is 15.6 Å². The largest absolute Gasteiger partial charge is 0.480 e. The summed E-state index contributed by atoms with van der Waals surface area (Å²) in [6, 6.07) is 9.27. The summed E-state index contributed by atoms with van der Waals surface area (Å²) in [7, 11) is 0. The Morgan fingerprint density at radius 2 is 1.97 bits per heavy atom. The van der Waals surface area contributed by atoms with Gasteiger partial charge in [-0.15, -0.1) is 0 Å². The van der Waals surface area contributed by atoms with Gasteiger partial charge in [-0.1, -0.05) is 18.6 Å². The van der Waals surface area contributed by atoms with Crippen molar-refractivity contribution in [3.63, 3.8) is 0 Å². The summed E-state index contributed by atoms with van der Waals surface area (Å²) >= 11 is 0. The van der Waals surface area contributed by atoms with Crippen LogP contribution < -0.4 is 16.0 Å². The van der Waals surface area contributed by atoms with Crippen molar-refractivity contribution in [2.45, 2.75) is 38.1 Å². The number of hydrogen-bond donors (Lipinski definition) is 4. The second-order valence-corrected chi connectivity index (χ2v) is 7.55. The Morgan fingerprint density at radius 1 is 1.09 bits per heavy atom. The van der Waals surface area contributed by atoms with Gasteiger partial charge in [-0.05, 0) is 42.7 Å². The number of carbonyl (C=O) groups is 3. The van der Waals surface area contributed by atoms with E-state index in [1.807, 2.05) is 6.07 Å². The maximum absolute atomic E-state index is 12.5. The van der Waals surface area contributed by atoms with Gasteiger partial charge in [0.25, 0.3) is 5.91 Å². The lowest BCUT2D eigenvalue weighted by atomic mass is 10.1. The number of anilines is 1. The number of carboxylic acids is 1. The molecule has 2 aromatic rings. The quantitative estimate of drug-likeness (QED) is 0.499. The molecular formula is C23H27N5O4. The number of rotatable bonds is 8. The summed E-state index contributed by atoms with van der Waals surface area (Å²) in [5, 5.41) is 17.6. The SMILES string of the molecule is O=C(CNC(=O)c1cccc(NC2=NCCCCC2)c1)NC(Cc1cccnc1)C(=O)O. The third-order valence-electron chi connectivity index (χ3n) is 4.99.